The molecule has 0 aliphatic carbocycles. The fourth-order valence-electron chi connectivity index (χ4n) is 1.70. The molecular weight excluding hydrogens is 337 g/mol. The molecule has 1 aliphatic rings. The number of amides is 2. The number of benzene rings is 1. The Morgan fingerprint density at radius 2 is 1.95 bits per heavy atom. The lowest BCUT2D eigenvalue weighted by atomic mass is 10.2. The molecule has 2 rings (SSSR count). The maximum Gasteiger partial charge on any atom is 0.293 e. The highest BCUT2D eigenvalue weighted by atomic mass is 35.5. The molecule has 0 radical (unpaired) electrons. The van der Waals surface area contributed by atoms with Crippen molar-refractivity contribution in [1.29, 1.82) is 0 Å². The number of carbonyl (C=O) groups excluding carboxylic acids is 2. The van der Waals surface area contributed by atoms with Crippen LogP contribution in [0.5, 0.6) is 5.75 Å². The highest BCUT2D eigenvalue weighted by molar-refractivity contribution is 8.18. The maximum atomic E-state index is 12.1. The predicted molar refractivity (Wildman–Crippen MR) is 82.7 cm³/mol. The minimum Gasteiger partial charge on any atom is -0.505 e. The molecular formula is C13H11Cl2NO4S. The monoisotopic (exact) mass is 347 g/mol. The van der Waals surface area contributed by atoms with Crippen molar-refractivity contribution in [3.63, 3.8) is 0 Å². The van der Waals surface area contributed by atoms with Crippen LogP contribution in [0.1, 0.15) is 5.56 Å². The topological polar surface area (TPSA) is 66.8 Å². The number of halogens is 2. The molecule has 1 aromatic rings. The Morgan fingerprint density at radius 1 is 1.33 bits per heavy atom. The van der Waals surface area contributed by atoms with E-state index in [2.05, 4.69) is 0 Å². The second kappa shape index (κ2) is 6.70. The van der Waals surface area contributed by atoms with E-state index in [0.717, 1.165) is 16.7 Å². The van der Waals surface area contributed by atoms with Gasteiger partial charge >= 0.3 is 0 Å². The van der Waals surface area contributed by atoms with Crippen LogP contribution in [-0.4, -0.2) is 41.4 Å². The molecule has 21 heavy (non-hydrogen) atoms. The van der Waals surface area contributed by atoms with Gasteiger partial charge in [-0.3, -0.25) is 14.5 Å². The Labute approximate surface area is 135 Å². The minimum atomic E-state index is -0.387. The van der Waals surface area contributed by atoms with Crippen LogP contribution in [0.15, 0.2) is 17.0 Å². The van der Waals surface area contributed by atoms with Crippen molar-refractivity contribution >= 4 is 52.2 Å². The molecule has 1 aromatic carbocycles. The number of aromatic hydroxyl groups is 1. The fraction of sp³-hybridized carbons (Fsp3) is 0.231. The van der Waals surface area contributed by atoms with Gasteiger partial charge in [-0.25, -0.2) is 0 Å². The van der Waals surface area contributed by atoms with E-state index in [1.54, 1.807) is 0 Å². The molecule has 0 spiro atoms. The molecule has 2 amide bonds. The van der Waals surface area contributed by atoms with Crippen LogP contribution in [0.25, 0.3) is 6.08 Å². The number of imide groups is 1. The van der Waals surface area contributed by atoms with Crippen LogP contribution >= 0.6 is 35.0 Å². The SMILES string of the molecule is COCCN1C(=O)S/C(=C/c2cc(Cl)c(O)c(Cl)c2)C1=O. The number of methoxy groups -OCH3 is 1. The van der Waals surface area contributed by atoms with Crippen LogP contribution in [0.3, 0.4) is 0 Å². The summed E-state index contributed by atoms with van der Waals surface area (Å²) in [7, 11) is 1.50. The summed E-state index contributed by atoms with van der Waals surface area (Å²) in [5.74, 6) is -0.606. The van der Waals surface area contributed by atoms with Crippen molar-refractivity contribution in [2.75, 3.05) is 20.3 Å². The van der Waals surface area contributed by atoms with Gasteiger partial charge < -0.3 is 9.84 Å². The quantitative estimate of drug-likeness (QED) is 0.845. The van der Waals surface area contributed by atoms with Crippen LogP contribution in [0.2, 0.25) is 10.0 Å². The van der Waals surface area contributed by atoms with Crippen LogP contribution in [-0.2, 0) is 9.53 Å². The average molecular weight is 348 g/mol. The van der Waals surface area contributed by atoms with Crippen molar-refractivity contribution in [2.24, 2.45) is 0 Å². The normalized spacial score (nSPS) is 17.1. The van der Waals surface area contributed by atoms with Gasteiger partial charge in [0.1, 0.15) is 0 Å². The zero-order valence-electron chi connectivity index (χ0n) is 10.9. The van der Waals surface area contributed by atoms with E-state index in [1.165, 1.54) is 25.3 Å². The second-order valence-corrected chi connectivity index (χ2v) is 5.97. The summed E-state index contributed by atoms with van der Waals surface area (Å²) in [4.78, 5) is 25.3. The molecule has 1 heterocycles. The van der Waals surface area contributed by atoms with Crippen molar-refractivity contribution in [3.05, 3.63) is 32.6 Å². The molecule has 1 N–H and O–H groups in total. The van der Waals surface area contributed by atoms with Crippen molar-refractivity contribution in [1.82, 2.24) is 4.90 Å². The van der Waals surface area contributed by atoms with E-state index in [4.69, 9.17) is 27.9 Å². The van der Waals surface area contributed by atoms with Gasteiger partial charge in [-0.05, 0) is 35.5 Å². The smallest absolute Gasteiger partial charge is 0.293 e. The summed E-state index contributed by atoms with van der Waals surface area (Å²) in [5.41, 5.74) is 0.528. The lowest BCUT2D eigenvalue weighted by Crippen LogP contribution is -2.31. The Bertz CT molecular complexity index is 610. The third-order valence-corrected chi connectivity index (χ3v) is 4.21. The van der Waals surface area contributed by atoms with Gasteiger partial charge in [0.05, 0.1) is 28.1 Å². The number of carbonyl (C=O) groups is 2. The molecule has 0 bridgehead atoms. The maximum absolute atomic E-state index is 12.1. The number of thioether (sulfide) groups is 1. The summed E-state index contributed by atoms with van der Waals surface area (Å²) < 4.78 is 4.86. The molecule has 0 saturated carbocycles. The molecule has 1 aliphatic heterocycles. The van der Waals surface area contributed by atoms with E-state index in [9.17, 15) is 14.7 Å². The van der Waals surface area contributed by atoms with Crippen molar-refractivity contribution < 1.29 is 19.4 Å². The van der Waals surface area contributed by atoms with Crippen molar-refractivity contribution in [3.8, 4) is 5.75 Å². The molecule has 1 fully saturated rings. The fourth-order valence-corrected chi connectivity index (χ4v) is 3.06. The molecule has 5 nitrogen and oxygen atoms in total. The number of ether oxygens (including phenoxy) is 1. The van der Waals surface area contributed by atoms with Crippen LogP contribution in [0.4, 0.5) is 4.79 Å². The van der Waals surface area contributed by atoms with E-state index >= 15 is 0 Å². The van der Waals surface area contributed by atoms with Gasteiger partial charge in [-0.15, -0.1) is 0 Å². The van der Waals surface area contributed by atoms with E-state index in [0.29, 0.717) is 5.56 Å². The van der Waals surface area contributed by atoms with E-state index in [1.807, 2.05) is 0 Å². The molecule has 0 atom stereocenters. The summed E-state index contributed by atoms with van der Waals surface area (Å²) in [5, 5.41) is 9.30. The number of hydrogen-bond donors (Lipinski definition) is 1. The average Bonchev–Trinajstić information content (AvgIpc) is 2.69. The Balaban J connectivity index is 2.26. The Morgan fingerprint density at radius 3 is 2.52 bits per heavy atom. The van der Waals surface area contributed by atoms with Gasteiger partial charge in [0.2, 0.25) is 0 Å². The number of phenolic OH excluding ortho intramolecular Hbond substituents is 1. The van der Waals surface area contributed by atoms with E-state index < -0.39 is 0 Å². The second-order valence-electron chi connectivity index (χ2n) is 4.16. The zero-order chi connectivity index (χ0) is 15.6. The minimum absolute atomic E-state index is 0.0763. The lowest BCUT2D eigenvalue weighted by Gasteiger charge is -2.10. The number of phenols is 1. The van der Waals surface area contributed by atoms with Gasteiger partial charge in [0.15, 0.2) is 5.75 Å². The third kappa shape index (κ3) is 3.52. The summed E-state index contributed by atoms with van der Waals surface area (Å²) in [6, 6.07) is 2.93. The third-order valence-electron chi connectivity index (χ3n) is 2.73. The van der Waals surface area contributed by atoms with Gasteiger partial charge in [-0.1, -0.05) is 23.2 Å². The van der Waals surface area contributed by atoms with Gasteiger partial charge in [0, 0.05) is 7.11 Å². The lowest BCUT2D eigenvalue weighted by molar-refractivity contribution is -0.123. The Hall–Kier alpha value is -1.21. The number of hydrogen-bond acceptors (Lipinski definition) is 5. The highest BCUT2D eigenvalue weighted by Gasteiger charge is 2.34. The number of nitrogens with zero attached hydrogens (tertiary/aromatic N) is 1. The summed E-state index contributed by atoms with van der Waals surface area (Å²) in [6.07, 6.45) is 1.51. The first-order valence-corrected chi connectivity index (χ1v) is 7.43. The first-order valence-electron chi connectivity index (χ1n) is 5.86. The highest BCUT2D eigenvalue weighted by Crippen LogP contribution is 2.36. The molecule has 1 saturated heterocycles. The Kier molecular flexibility index (Phi) is 5.16. The molecule has 0 aromatic heterocycles. The van der Waals surface area contributed by atoms with Gasteiger partial charge in [0.25, 0.3) is 11.1 Å². The van der Waals surface area contributed by atoms with E-state index in [-0.39, 0.29) is 45.0 Å². The first-order chi connectivity index (χ1) is 9.93. The molecule has 8 heteroatoms. The summed E-state index contributed by atoms with van der Waals surface area (Å²) >= 11 is 12.5. The predicted octanol–water partition coefficient (Wildman–Crippen LogP) is 3.38. The van der Waals surface area contributed by atoms with Crippen LogP contribution in [0, 0.1) is 0 Å². The number of rotatable bonds is 4. The standard InChI is InChI=1S/C13H11Cl2NO4S/c1-20-3-2-16-12(18)10(21-13(16)19)6-7-4-8(14)11(17)9(15)5-7/h4-6,17H,2-3H2,1H3/b10-6+. The molecule has 0 unspecified atom stereocenters. The largest absolute Gasteiger partial charge is 0.505 e. The van der Waals surface area contributed by atoms with Crippen LogP contribution < -0.4 is 0 Å². The zero-order valence-corrected chi connectivity index (χ0v) is 13.3. The first kappa shape index (κ1) is 16.2. The van der Waals surface area contributed by atoms with Crippen molar-refractivity contribution in [2.45, 2.75) is 0 Å². The van der Waals surface area contributed by atoms with Gasteiger partial charge in [-0.2, -0.15) is 0 Å². The summed E-state index contributed by atoms with van der Waals surface area (Å²) in [6.45, 7) is 0.484. The molecule has 112 valence electrons.